The lowest BCUT2D eigenvalue weighted by Gasteiger charge is -2.60. The van der Waals surface area contributed by atoms with Gasteiger partial charge in [0.25, 0.3) is 0 Å². The molecule has 0 radical (unpaired) electrons. The minimum Gasteiger partial charge on any atom is -0.481 e. The highest BCUT2D eigenvalue weighted by molar-refractivity contribution is 6.05. The molecule has 0 aromatic carbocycles. The summed E-state index contributed by atoms with van der Waals surface area (Å²) in [7, 11) is 0. The summed E-state index contributed by atoms with van der Waals surface area (Å²) in [5.41, 5.74) is -1.85. The Hall–Kier alpha value is -2.15. The summed E-state index contributed by atoms with van der Waals surface area (Å²) in [5.74, 6) is -2.22. The first kappa shape index (κ1) is 26.9. The maximum atomic E-state index is 13.9. The predicted octanol–water partition coefficient (Wildman–Crippen LogP) is 4.09. The Morgan fingerprint density at radius 1 is 1.06 bits per heavy atom. The zero-order valence-electron chi connectivity index (χ0n) is 22.4. The normalized spacial score (nSPS) is 40.4. The van der Waals surface area contributed by atoms with Crippen molar-refractivity contribution in [3.05, 3.63) is 11.1 Å². The number of carbonyl (C=O) groups excluding carboxylic acids is 4. The van der Waals surface area contributed by atoms with Crippen LogP contribution in [0.3, 0.4) is 0 Å². The number of carboxylic acid groups (broad SMARTS) is 1. The standard InChI is InChI=1S/C29H40O7/c1-15(25(35)36)11-17(30)8-7-16-12-22(34)29(6)24-18(31)13-20-26(2,3)21(33)9-10-27(20,4)23(24)19(32)14-28(16,29)5/h15-16,18,20,31H,7-14H2,1-6H3,(H,35,36)/t15-,16-,18-,20-,27-,28+,29-/m0/s1. The Morgan fingerprint density at radius 2 is 1.69 bits per heavy atom. The van der Waals surface area contributed by atoms with Crippen LogP contribution < -0.4 is 0 Å². The lowest BCUT2D eigenvalue weighted by atomic mass is 9.43. The number of ketones is 4. The highest BCUT2D eigenvalue weighted by atomic mass is 16.4. The quantitative estimate of drug-likeness (QED) is 0.562. The average Bonchev–Trinajstić information content (AvgIpc) is 2.97. The zero-order chi connectivity index (χ0) is 27.0. The monoisotopic (exact) mass is 500 g/mol. The Labute approximate surface area is 213 Å². The molecular weight excluding hydrogens is 460 g/mol. The molecule has 0 bridgehead atoms. The van der Waals surface area contributed by atoms with E-state index < -0.39 is 39.7 Å². The molecule has 7 heteroatoms. The summed E-state index contributed by atoms with van der Waals surface area (Å²) in [6.45, 7) is 11.2. The third-order valence-corrected chi connectivity index (χ3v) is 11.0. The van der Waals surface area contributed by atoms with E-state index in [9.17, 15) is 29.1 Å². The topological polar surface area (TPSA) is 126 Å². The van der Waals surface area contributed by atoms with Gasteiger partial charge in [0.2, 0.25) is 0 Å². The third-order valence-electron chi connectivity index (χ3n) is 11.0. The van der Waals surface area contributed by atoms with Gasteiger partial charge in [-0.15, -0.1) is 0 Å². The van der Waals surface area contributed by atoms with Gasteiger partial charge in [-0.1, -0.05) is 34.6 Å². The fourth-order valence-corrected chi connectivity index (χ4v) is 8.45. The second-order valence-electron chi connectivity index (χ2n) is 13.1. The second kappa shape index (κ2) is 8.44. The number of fused-ring (bicyclic) bond motifs is 4. The largest absolute Gasteiger partial charge is 0.481 e. The number of allylic oxidation sites excluding steroid dienone is 1. The molecule has 4 aliphatic carbocycles. The van der Waals surface area contributed by atoms with Gasteiger partial charge in [-0.25, -0.2) is 0 Å². The van der Waals surface area contributed by atoms with Gasteiger partial charge in [0.15, 0.2) is 5.78 Å². The van der Waals surface area contributed by atoms with Crippen LogP contribution in [0.2, 0.25) is 0 Å². The van der Waals surface area contributed by atoms with Crippen LogP contribution in [-0.4, -0.2) is 45.4 Å². The van der Waals surface area contributed by atoms with Crippen LogP contribution in [0.1, 0.15) is 92.9 Å². The molecule has 36 heavy (non-hydrogen) atoms. The van der Waals surface area contributed by atoms with E-state index in [1.165, 1.54) is 6.92 Å². The third kappa shape index (κ3) is 3.52. The average molecular weight is 501 g/mol. The Bertz CT molecular complexity index is 1080. The number of aliphatic hydroxyl groups excluding tert-OH is 1. The smallest absolute Gasteiger partial charge is 0.306 e. The van der Waals surface area contributed by atoms with Crippen LogP contribution >= 0.6 is 0 Å². The van der Waals surface area contributed by atoms with Gasteiger partial charge in [-0.2, -0.15) is 0 Å². The van der Waals surface area contributed by atoms with Crippen LogP contribution in [0.15, 0.2) is 11.1 Å². The number of hydrogen-bond donors (Lipinski definition) is 2. The SMILES string of the molecule is C[C@@H](CC(=O)CC[C@H]1CC(=O)[C@@]2(C)C3=C(C(=O)C[C@]12C)[C@@]1(C)CCC(=O)C(C)(C)[C@@H]1C[C@@H]3O)C(=O)O. The van der Waals surface area contributed by atoms with Gasteiger partial charge in [0.05, 0.1) is 17.4 Å². The molecular formula is C29H40O7. The highest BCUT2D eigenvalue weighted by Crippen LogP contribution is 2.69. The zero-order valence-corrected chi connectivity index (χ0v) is 22.4. The molecule has 2 fully saturated rings. The lowest BCUT2D eigenvalue weighted by molar-refractivity contribution is -0.146. The molecule has 0 saturated heterocycles. The summed E-state index contributed by atoms with van der Waals surface area (Å²) < 4.78 is 0. The van der Waals surface area contributed by atoms with Gasteiger partial charge < -0.3 is 10.2 Å². The van der Waals surface area contributed by atoms with Gasteiger partial charge in [0.1, 0.15) is 17.3 Å². The number of aliphatic hydroxyl groups is 1. The summed E-state index contributed by atoms with van der Waals surface area (Å²) in [5, 5.41) is 20.6. The maximum Gasteiger partial charge on any atom is 0.306 e. The molecule has 0 amide bonds. The Balaban J connectivity index is 1.71. The van der Waals surface area contributed by atoms with E-state index in [0.29, 0.717) is 36.8 Å². The van der Waals surface area contributed by atoms with Gasteiger partial charge in [-0.3, -0.25) is 24.0 Å². The van der Waals surface area contributed by atoms with Crippen molar-refractivity contribution in [3.8, 4) is 0 Å². The van der Waals surface area contributed by atoms with E-state index in [2.05, 4.69) is 0 Å². The molecule has 7 nitrogen and oxygen atoms in total. The van der Waals surface area contributed by atoms with E-state index in [1.807, 2.05) is 34.6 Å². The predicted molar refractivity (Wildman–Crippen MR) is 132 cm³/mol. The van der Waals surface area contributed by atoms with Crippen molar-refractivity contribution in [2.75, 3.05) is 0 Å². The van der Waals surface area contributed by atoms with Crippen LogP contribution in [-0.2, 0) is 24.0 Å². The van der Waals surface area contributed by atoms with E-state index in [0.717, 1.165) is 0 Å². The minimum atomic E-state index is -1.02. The number of Topliss-reactive ketones (excluding diaryl/α,β-unsaturated/α-hetero) is 4. The Kier molecular flexibility index (Phi) is 6.30. The molecule has 7 atom stereocenters. The summed E-state index contributed by atoms with van der Waals surface area (Å²) >= 11 is 0. The van der Waals surface area contributed by atoms with E-state index in [4.69, 9.17) is 5.11 Å². The number of rotatable bonds is 6. The van der Waals surface area contributed by atoms with E-state index in [-0.39, 0.29) is 60.7 Å². The molecule has 0 aromatic heterocycles. The Morgan fingerprint density at radius 3 is 2.31 bits per heavy atom. The van der Waals surface area contributed by atoms with Crippen molar-refractivity contribution in [3.63, 3.8) is 0 Å². The molecule has 0 unspecified atom stereocenters. The number of aliphatic carboxylic acids is 1. The van der Waals surface area contributed by atoms with E-state index in [1.54, 1.807) is 0 Å². The van der Waals surface area contributed by atoms with E-state index >= 15 is 0 Å². The van der Waals surface area contributed by atoms with Crippen molar-refractivity contribution in [1.29, 1.82) is 0 Å². The fraction of sp³-hybridized carbons (Fsp3) is 0.759. The molecule has 2 saturated carbocycles. The number of carboxylic acids is 1. The molecule has 198 valence electrons. The second-order valence-corrected chi connectivity index (χ2v) is 13.1. The molecule has 0 spiro atoms. The van der Waals surface area contributed by atoms with Crippen LogP contribution in [0, 0.1) is 39.4 Å². The lowest BCUT2D eigenvalue weighted by Crippen LogP contribution is -2.59. The van der Waals surface area contributed by atoms with Crippen LogP contribution in [0.5, 0.6) is 0 Å². The first-order valence-corrected chi connectivity index (χ1v) is 13.3. The summed E-state index contributed by atoms with van der Waals surface area (Å²) in [6, 6.07) is 0. The molecule has 4 aliphatic rings. The molecule has 0 aliphatic heterocycles. The molecule has 4 rings (SSSR count). The van der Waals surface area contributed by atoms with Gasteiger partial charge >= 0.3 is 5.97 Å². The first-order valence-electron chi connectivity index (χ1n) is 13.3. The highest BCUT2D eigenvalue weighted by Gasteiger charge is 2.69. The molecule has 2 N–H and O–H groups in total. The van der Waals surface area contributed by atoms with Crippen molar-refractivity contribution in [1.82, 2.24) is 0 Å². The van der Waals surface area contributed by atoms with Gasteiger partial charge in [-0.05, 0) is 49.0 Å². The molecule has 0 heterocycles. The van der Waals surface area contributed by atoms with Crippen LogP contribution in [0.25, 0.3) is 0 Å². The van der Waals surface area contributed by atoms with Crippen molar-refractivity contribution in [2.24, 2.45) is 39.4 Å². The van der Waals surface area contributed by atoms with Crippen LogP contribution in [0.4, 0.5) is 0 Å². The first-order chi connectivity index (χ1) is 16.5. The number of carbonyl (C=O) groups is 5. The maximum absolute atomic E-state index is 13.9. The van der Waals surface area contributed by atoms with Gasteiger partial charge in [0, 0.05) is 48.5 Å². The number of hydrogen-bond acceptors (Lipinski definition) is 6. The fourth-order valence-electron chi connectivity index (χ4n) is 8.45. The molecule has 0 aromatic rings. The summed E-state index contributed by atoms with van der Waals surface area (Å²) in [4.78, 5) is 64.1. The van der Waals surface area contributed by atoms with Crippen molar-refractivity contribution >= 4 is 29.1 Å². The minimum absolute atomic E-state index is 0.00593. The van der Waals surface area contributed by atoms with Crippen molar-refractivity contribution in [2.45, 2.75) is 99.0 Å². The van der Waals surface area contributed by atoms with Crippen molar-refractivity contribution < 1.29 is 34.2 Å². The summed E-state index contributed by atoms with van der Waals surface area (Å²) in [6.07, 6.45) is 1.22.